The van der Waals surface area contributed by atoms with Gasteiger partial charge in [-0.05, 0) is 161 Å². The first-order chi connectivity index (χ1) is 46.7. The zero-order valence-corrected chi connectivity index (χ0v) is 60.2. The van der Waals surface area contributed by atoms with Crippen molar-refractivity contribution in [3.63, 3.8) is 0 Å². The predicted octanol–water partition coefficient (Wildman–Crippen LogP) is 22.4. The van der Waals surface area contributed by atoms with Gasteiger partial charge in [-0.1, -0.05) is 149 Å². The number of unbranched alkanes of at least 4 members (excludes halogenated alkanes) is 8. The Morgan fingerprint density at radius 1 is 0.389 bits per heavy atom. The number of benzene rings is 6. The van der Waals surface area contributed by atoms with Gasteiger partial charge in [0.25, 0.3) is 0 Å². The van der Waals surface area contributed by atoms with Crippen LogP contribution in [0.3, 0.4) is 0 Å². The highest BCUT2D eigenvalue weighted by molar-refractivity contribution is 6.18. The summed E-state index contributed by atoms with van der Waals surface area (Å²) < 4.78 is 7.38. The van der Waals surface area contributed by atoms with Crippen LogP contribution in [-0.4, -0.2) is 74.9 Å². The summed E-state index contributed by atoms with van der Waals surface area (Å²) in [6, 6.07) is 58.9. The van der Waals surface area contributed by atoms with E-state index < -0.39 is 0 Å². The molecule has 1 aliphatic carbocycles. The molecule has 1 aliphatic heterocycles. The summed E-state index contributed by atoms with van der Waals surface area (Å²) in [5, 5.41) is 1.28. The minimum Gasteiger partial charge on any atom is -0.372 e. The first-order valence-corrected chi connectivity index (χ1v) is 37.2. The zero-order chi connectivity index (χ0) is 67.0. The van der Waals surface area contributed by atoms with Gasteiger partial charge in [0.15, 0.2) is 5.71 Å². The van der Waals surface area contributed by atoms with E-state index >= 15 is 0 Å². The Morgan fingerprint density at radius 3 is 1.25 bits per heavy atom. The van der Waals surface area contributed by atoms with Crippen LogP contribution in [0.1, 0.15) is 183 Å². The fourth-order valence-corrected chi connectivity index (χ4v) is 13.0. The molecule has 0 amide bonds. The van der Waals surface area contributed by atoms with Gasteiger partial charge in [-0.2, -0.15) is 9.14 Å². The van der Waals surface area contributed by atoms with Crippen LogP contribution in [0.25, 0.3) is 23.1 Å². The second kappa shape index (κ2) is 39.6. The molecule has 6 aromatic carbocycles. The van der Waals surface area contributed by atoms with E-state index in [2.05, 4.69) is 320 Å². The maximum atomic E-state index is 2.58. The highest BCUT2D eigenvalue weighted by atomic mass is 15.2. The molecule has 0 saturated heterocycles. The van der Waals surface area contributed by atoms with Gasteiger partial charge in [0, 0.05) is 176 Å². The third-order valence-corrected chi connectivity index (χ3v) is 18.6. The topological polar surface area (TPSA) is 26.1 Å². The van der Waals surface area contributed by atoms with Gasteiger partial charge >= 0.3 is 0 Å². The van der Waals surface area contributed by atoms with E-state index in [4.69, 9.17) is 0 Å². The predicted molar refractivity (Wildman–Crippen MR) is 419 cm³/mol. The van der Waals surface area contributed by atoms with Crippen molar-refractivity contribution in [3.8, 4) is 0 Å². The lowest BCUT2D eigenvalue weighted by atomic mass is 10.1. The molecule has 502 valence electrons. The lowest BCUT2D eigenvalue weighted by Gasteiger charge is -2.29. The highest BCUT2D eigenvalue weighted by Crippen LogP contribution is 2.39. The van der Waals surface area contributed by atoms with Crippen LogP contribution in [-0.2, 0) is 6.54 Å². The molecule has 8 heteroatoms. The molecule has 0 radical (unpaired) electrons. The van der Waals surface area contributed by atoms with E-state index in [1.165, 1.54) is 182 Å². The number of pyridine rings is 1. The number of likely N-dealkylation sites (N-methyl/N-ethyl adjacent to an activating group) is 1. The molecule has 9 rings (SSSR count). The van der Waals surface area contributed by atoms with Gasteiger partial charge in [-0.3, -0.25) is 0 Å². The van der Waals surface area contributed by atoms with E-state index in [0.717, 1.165) is 76.8 Å². The molecule has 0 N–H and O–H groups in total. The average molecular weight is 1270 g/mol. The Labute approximate surface area is 575 Å². The Hall–Kier alpha value is -8.23. The molecule has 0 spiro atoms. The summed E-state index contributed by atoms with van der Waals surface area (Å²) >= 11 is 0. The van der Waals surface area contributed by atoms with Crippen molar-refractivity contribution in [2.75, 3.05) is 83.4 Å². The van der Waals surface area contributed by atoms with Gasteiger partial charge in [0.2, 0.25) is 28.3 Å². The van der Waals surface area contributed by atoms with E-state index in [1.54, 1.807) is 0 Å². The van der Waals surface area contributed by atoms with Crippen LogP contribution in [0.2, 0.25) is 0 Å². The fourth-order valence-electron chi connectivity index (χ4n) is 13.0. The van der Waals surface area contributed by atoms with Crippen LogP contribution in [0.4, 0.5) is 51.2 Å². The van der Waals surface area contributed by atoms with E-state index in [-0.39, 0.29) is 0 Å². The molecule has 7 aromatic rings. The van der Waals surface area contributed by atoms with Crippen LogP contribution < -0.4 is 33.6 Å². The molecule has 8 nitrogen and oxygen atoms in total. The second-order valence-electron chi connectivity index (χ2n) is 25.7. The summed E-state index contributed by atoms with van der Waals surface area (Å²) in [7, 11) is 0. The summed E-state index contributed by atoms with van der Waals surface area (Å²) in [5.74, 6) is 0. The van der Waals surface area contributed by atoms with E-state index in [0.29, 0.717) is 0 Å². The van der Waals surface area contributed by atoms with Crippen LogP contribution in [0.5, 0.6) is 0 Å². The molecule has 0 atom stereocenters. The number of hydrogen-bond acceptors (Lipinski definition) is 5. The Morgan fingerprint density at radius 2 is 0.800 bits per heavy atom. The number of aromatic nitrogens is 1. The van der Waals surface area contributed by atoms with Crippen LogP contribution in [0.15, 0.2) is 206 Å². The molecule has 1 aromatic heterocycles. The van der Waals surface area contributed by atoms with Crippen molar-refractivity contribution in [2.24, 2.45) is 0 Å². The SMILES string of the molecule is CCCCN(CCCC)c1ccc(N(c2ccc(N(CCCC)CCCC)cc2)c2ccc([N+](=C3C=CC(=[N+](CCCC)CCCC)C=C3)c3ccc(N(CCCC)CCCC)cc3)cc2)cc1.CCN1/C(=C/C=Cc2ccc3ccccc3[n+]2CC)C=Cc2ccccc21. The lowest BCUT2D eigenvalue weighted by Crippen LogP contribution is -2.36. The van der Waals surface area contributed by atoms with Crippen molar-refractivity contribution in [2.45, 2.75) is 179 Å². The number of rotatable bonds is 36. The van der Waals surface area contributed by atoms with Gasteiger partial charge in [0.05, 0.1) is 0 Å². The van der Waals surface area contributed by atoms with Crippen molar-refractivity contribution < 1.29 is 9.14 Å². The lowest BCUT2D eigenvalue weighted by molar-refractivity contribution is -0.669. The Bertz CT molecular complexity index is 3520. The first kappa shape index (κ1) is 72.6. The van der Waals surface area contributed by atoms with E-state index in [1.807, 2.05) is 0 Å². The van der Waals surface area contributed by atoms with Crippen LogP contribution >= 0.6 is 0 Å². The minimum atomic E-state index is 0.950. The maximum Gasteiger partial charge on any atom is 0.212 e. The van der Waals surface area contributed by atoms with Crippen molar-refractivity contribution in [1.29, 1.82) is 0 Å². The number of para-hydroxylation sites is 2. The number of anilines is 7. The van der Waals surface area contributed by atoms with Gasteiger partial charge in [-0.15, -0.1) is 0 Å². The van der Waals surface area contributed by atoms with Crippen LogP contribution in [0, 0.1) is 0 Å². The van der Waals surface area contributed by atoms with Gasteiger partial charge in [-0.25, -0.2) is 4.58 Å². The van der Waals surface area contributed by atoms with Crippen molar-refractivity contribution in [3.05, 3.63) is 217 Å². The average Bonchev–Trinajstić information content (AvgIpc) is 0.861. The first-order valence-electron chi connectivity index (χ1n) is 37.2. The fraction of sp³-hybridized carbons (Fsp3) is 0.414. The monoisotopic (exact) mass is 1270 g/mol. The maximum absolute atomic E-state index is 2.58. The Balaban J connectivity index is 0.000000352. The quantitative estimate of drug-likeness (QED) is 0.0288. The van der Waals surface area contributed by atoms with Gasteiger partial charge < -0.3 is 24.5 Å². The molecule has 2 heterocycles. The van der Waals surface area contributed by atoms with E-state index in [9.17, 15) is 0 Å². The largest absolute Gasteiger partial charge is 0.372 e. The number of allylic oxidation sites excluding steroid dienone is 7. The second-order valence-corrected chi connectivity index (χ2v) is 25.7. The molecule has 0 unspecified atom stereocenters. The summed E-state index contributed by atoms with van der Waals surface area (Å²) in [6.07, 6.45) is 39.6. The Kier molecular flexibility index (Phi) is 30.3. The third kappa shape index (κ3) is 20.4. The standard InChI is InChI=1S/C62H92N6.C25H25N2/c1-9-17-45-63(46-18-10-2)53-25-33-57(34-26-53)67(58-35-27-54(28-36-58)64(47-19-11-3)48-20-12-4)61-41-43-62(44-42-61)68(59-37-29-55(30-38-59)65(49-21-13-5)50-22-14-6)60-39-31-56(32-40-60)66(51-23-15-7)52-24-16-8;1-3-26-22(18-16-20-10-5-7-14-24(20)26)12-9-13-23-19-17-21-11-6-8-15-25(21)27(23)4-2/h25-44H,9-24,45-52H2,1-8H3;5-19H,3-4H2,1-2H3/q+2;+1. The molecule has 0 bridgehead atoms. The molecular formula is C87H117N8+3. The number of hydrogen-bond donors (Lipinski definition) is 0. The summed E-state index contributed by atoms with van der Waals surface area (Å²) in [4.78, 5) is 12.6. The smallest absolute Gasteiger partial charge is 0.212 e. The summed E-state index contributed by atoms with van der Waals surface area (Å²) in [5.41, 5.74) is 18.5. The van der Waals surface area contributed by atoms with Crippen molar-refractivity contribution in [1.82, 2.24) is 4.58 Å². The minimum absolute atomic E-state index is 0.950. The number of fused-ring (bicyclic) bond motifs is 2. The van der Waals surface area contributed by atoms with Gasteiger partial charge in [0.1, 0.15) is 19.6 Å². The normalized spacial score (nSPS) is 13.0. The molecule has 2 aliphatic rings. The number of nitrogens with zero attached hydrogens (tertiary/aromatic N) is 8. The highest BCUT2D eigenvalue weighted by Gasteiger charge is 2.25. The molecule has 95 heavy (non-hydrogen) atoms. The third-order valence-electron chi connectivity index (χ3n) is 18.6. The summed E-state index contributed by atoms with van der Waals surface area (Å²) in [6.45, 7) is 33.4. The molecular weight excluding hydrogens is 1160 g/mol. The molecule has 0 fully saturated rings. The number of aryl methyl sites for hydroxylation is 1. The molecule has 0 saturated carbocycles. The zero-order valence-electron chi connectivity index (χ0n) is 60.2. The van der Waals surface area contributed by atoms with Crippen molar-refractivity contribution >= 4 is 85.7 Å².